The van der Waals surface area contributed by atoms with Gasteiger partial charge >= 0.3 is 12.1 Å². The van der Waals surface area contributed by atoms with Crippen molar-refractivity contribution in [3.05, 3.63) is 95.9 Å². The zero-order chi connectivity index (χ0) is 89.1. The van der Waals surface area contributed by atoms with Crippen LogP contribution in [-0.4, -0.2) is 295 Å². The van der Waals surface area contributed by atoms with Crippen molar-refractivity contribution in [2.45, 2.75) is 205 Å². The summed E-state index contributed by atoms with van der Waals surface area (Å²) >= 11 is 0. The van der Waals surface area contributed by atoms with Crippen LogP contribution >= 0.6 is 0 Å². The number of Topliss-reactive ketones (excluding diaryl/α,β-unsaturated/α-hetero) is 2. The molecule has 0 spiro atoms. The van der Waals surface area contributed by atoms with Crippen molar-refractivity contribution in [2.24, 2.45) is 35.3 Å². The van der Waals surface area contributed by atoms with Gasteiger partial charge in [-0.05, 0) is 119 Å². The first kappa shape index (κ1) is 99.0. The molecule has 2 saturated heterocycles. The SMILES string of the molecule is CO[C@H]1C[C@@H]2CC[C@@H](C)[C@@](O)(O2)C(=O)C(=O)N2CCCC[C@H]2C(=O)O[C@H]([C@H](N)C[C@@H]2CC[C@@H](OC(=O)NCCOCCOCCOCCOCCOCCOCCOCCOCCC(=O)NCc3ncc(Cn4nc(-c5ccc6oc(N)nc6c5)c5c(N)ncnc54)cn3)[C@H](OC)C2)C[C@@H](O)[C@H](C)/C=C(\C)[C@@H](O)[C@@H](O)C(=O)[C@H](C)C[C@H](C)/C=C/C=C/C=C/1C. The van der Waals surface area contributed by atoms with Crippen molar-refractivity contribution in [2.75, 3.05) is 144 Å². The molecule has 4 aromatic heterocycles. The Morgan fingerprint density at radius 1 is 0.702 bits per heavy atom. The number of carbonyl (C=O) groups excluding carboxylic acids is 6. The van der Waals surface area contributed by atoms with E-state index in [2.05, 4.69) is 35.6 Å². The molecule has 1 saturated carbocycles. The zero-order valence-electron chi connectivity index (χ0n) is 72.7. The Balaban J connectivity index is 0.591. The van der Waals surface area contributed by atoms with E-state index in [0.29, 0.717) is 177 Å². The molecule has 1 aromatic carbocycles. The van der Waals surface area contributed by atoms with Crippen molar-refractivity contribution in [1.29, 1.82) is 0 Å². The summed E-state index contributed by atoms with van der Waals surface area (Å²) in [6, 6.07) is 3.31. The van der Waals surface area contributed by atoms with Gasteiger partial charge in [-0.3, -0.25) is 19.2 Å². The van der Waals surface area contributed by atoms with E-state index in [9.17, 15) is 49.2 Å². The molecule has 37 heteroatoms. The summed E-state index contributed by atoms with van der Waals surface area (Å²) in [5, 5.41) is 57.5. The molecule has 0 radical (unpaired) electrons. The Morgan fingerprint density at radius 3 is 2.01 bits per heavy atom. The number of piperidine rings is 1. The lowest BCUT2D eigenvalue weighted by molar-refractivity contribution is -0.265. The van der Waals surface area contributed by atoms with Crippen molar-refractivity contribution in [3.63, 3.8) is 0 Å². The molecule has 9 rings (SSSR count). The number of ketones is 2. The highest BCUT2D eigenvalue weighted by Gasteiger charge is 2.53. The largest absolute Gasteiger partial charge is 0.459 e. The molecule has 7 heterocycles. The molecule has 0 unspecified atom stereocenters. The molecule has 1 aliphatic carbocycles. The van der Waals surface area contributed by atoms with Crippen molar-refractivity contribution >= 4 is 69.4 Å². The third-order valence-corrected chi connectivity index (χ3v) is 22.8. The normalized spacial score (nSPS) is 27.3. The van der Waals surface area contributed by atoms with Gasteiger partial charge in [0.1, 0.15) is 59.6 Å². The zero-order valence-corrected chi connectivity index (χ0v) is 72.7. The fourth-order valence-corrected chi connectivity index (χ4v) is 15.6. The maximum absolute atomic E-state index is 14.7. The number of nitrogen functional groups attached to an aromatic ring is 2. The lowest BCUT2D eigenvalue weighted by Crippen LogP contribution is -2.61. The molecule has 3 amide bonds. The number of aliphatic hydroxyl groups is 4. The number of fused-ring (bicyclic) bond motifs is 5. The number of anilines is 2. The number of hydrogen-bond acceptors (Lipinski definition) is 33. The molecule has 37 nitrogen and oxygen atoms in total. The first-order valence-electron chi connectivity index (χ1n) is 43.1. The van der Waals surface area contributed by atoms with Gasteiger partial charge in [0.25, 0.3) is 17.7 Å². The number of methoxy groups -OCH3 is 2. The van der Waals surface area contributed by atoms with Gasteiger partial charge in [0.15, 0.2) is 17.0 Å². The van der Waals surface area contributed by atoms with Crippen LogP contribution in [0.3, 0.4) is 0 Å². The molecule has 3 fully saturated rings. The van der Waals surface area contributed by atoms with Gasteiger partial charge in [-0.25, -0.2) is 34.2 Å². The molecule has 2 bridgehead atoms. The number of nitrogens with zero attached hydrogens (tertiary/aromatic N) is 8. The number of alkyl carbamates (subject to hydrolysis) is 1. The number of oxazole rings is 1. The van der Waals surface area contributed by atoms with E-state index in [1.165, 1.54) is 13.4 Å². The summed E-state index contributed by atoms with van der Waals surface area (Å²) in [5.41, 5.74) is 23.9. The fourth-order valence-electron chi connectivity index (χ4n) is 15.6. The Labute approximate surface area is 723 Å². The number of ether oxygens (including phenoxy) is 13. The quantitative estimate of drug-likeness (QED) is 0.0101. The van der Waals surface area contributed by atoms with E-state index in [1.54, 1.807) is 64.0 Å². The van der Waals surface area contributed by atoms with E-state index >= 15 is 0 Å². The number of cyclic esters (lactones) is 1. The van der Waals surface area contributed by atoms with Gasteiger partial charge < -0.3 is 119 Å². The standard InChI is InChI=1S/C87H129N13O24/c1-54-14-10-9-11-15-55(2)70(111-7)47-63-20-17-59(6)87(110,124-63)80(106)83(107)99-25-13-12-16-66(99)84(108)121-71(48-67(101)56(3)43-58(5)78(104)79(105)77(103)57(4)42-54)64(88)44-60-18-21-69(72(45-60)112-8)123-86(109)91-24-27-114-29-31-116-33-35-118-37-39-120-41-40-119-38-36-117-34-32-115-30-28-113-26-23-74(102)94-51-73-92-49-61(50-93-73)52-100-82-75(81(89)95-53-96-82)76(98-100)62-19-22-68-65(46-62)97-85(90)122-68/h9-11,14-15,19,22,43,46,49-50,53-54,56-57,59-60,63-64,66-67,69-72,78-79,101,104-105,110H,12-13,16-18,20-21,23-42,44-45,47-48,51-52,88H2,1-8H3,(H2,90,97)(H,91,109)(H,94,102)(H2,89,95,96)/b11-9+,14-10+,55-15+,58-43+/t54-,56-,57-,59-,60+,63+,64-,66+,67-,69-,70+,71+,72-,78-,79+,87-/m1/s1. The number of benzene rings is 1. The number of nitrogens with one attached hydrogen (secondary N) is 2. The molecule has 16 atom stereocenters. The van der Waals surface area contributed by atoms with Crippen molar-refractivity contribution < 1.29 is 115 Å². The van der Waals surface area contributed by atoms with E-state index < -0.39 is 114 Å². The molecule has 5 aromatic rings. The minimum absolute atomic E-state index is 0.0137. The van der Waals surface area contributed by atoms with Gasteiger partial charge in [0.05, 0.1) is 149 Å². The Hall–Kier alpha value is -8.74. The highest BCUT2D eigenvalue weighted by Crippen LogP contribution is 2.39. The van der Waals surface area contributed by atoms with Crippen LogP contribution in [0.25, 0.3) is 33.4 Å². The lowest BCUT2D eigenvalue weighted by Gasteiger charge is -2.42. The van der Waals surface area contributed by atoms with Crippen molar-refractivity contribution in [3.8, 4) is 11.3 Å². The Kier molecular flexibility index (Phi) is 40.9. The molecule has 3 aliphatic heterocycles. The van der Waals surface area contributed by atoms with E-state index in [0.717, 1.165) is 21.6 Å². The van der Waals surface area contributed by atoms with Gasteiger partial charge in [-0.15, -0.1) is 0 Å². The third-order valence-electron chi connectivity index (χ3n) is 22.8. The average molecular weight is 1740 g/mol. The second kappa shape index (κ2) is 51.2. The predicted octanol–water partition coefficient (Wildman–Crippen LogP) is 5.53. The number of esters is 1. The van der Waals surface area contributed by atoms with Crippen LogP contribution in [0.15, 0.2) is 88.9 Å². The molecular weight excluding hydrogens is 1610 g/mol. The number of aromatic nitrogens is 7. The molecule has 12 N–H and O–H groups in total. The maximum atomic E-state index is 14.7. The maximum Gasteiger partial charge on any atom is 0.407 e. The van der Waals surface area contributed by atoms with E-state index in [4.69, 9.17) is 88.3 Å². The topological polar surface area (TPSA) is 504 Å². The van der Waals surface area contributed by atoms with Crippen LogP contribution in [0.5, 0.6) is 0 Å². The average Bonchev–Trinajstić information content (AvgIpc) is 1.19. The van der Waals surface area contributed by atoms with Crippen LogP contribution in [0, 0.1) is 29.6 Å². The summed E-state index contributed by atoms with van der Waals surface area (Å²) in [6.45, 7) is 16.5. The molecule has 686 valence electrons. The fraction of sp³-hybridized carbons (Fsp3) is 0.655. The van der Waals surface area contributed by atoms with Gasteiger partial charge in [-0.2, -0.15) is 10.1 Å². The number of allylic oxidation sites excluding steroid dienone is 5. The monoisotopic (exact) mass is 1740 g/mol. The lowest BCUT2D eigenvalue weighted by atomic mass is 9.80. The number of carbonyl (C=O) groups is 6. The van der Waals surface area contributed by atoms with Gasteiger partial charge in [0, 0.05) is 93.9 Å². The molecule has 4 aliphatic rings. The van der Waals surface area contributed by atoms with Crippen LogP contribution in [0.2, 0.25) is 0 Å². The first-order chi connectivity index (χ1) is 59.7. The second-order valence-electron chi connectivity index (χ2n) is 32.2. The number of aliphatic hydroxyl groups excluding tert-OH is 3. The van der Waals surface area contributed by atoms with E-state index in [1.807, 2.05) is 56.4 Å². The van der Waals surface area contributed by atoms with Crippen molar-refractivity contribution in [1.82, 2.24) is 50.2 Å². The first-order valence-corrected chi connectivity index (χ1v) is 43.1. The Morgan fingerprint density at radius 2 is 1.35 bits per heavy atom. The highest BCUT2D eigenvalue weighted by atomic mass is 16.6. The molecular formula is C87H129N13O24. The third kappa shape index (κ3) is 30.2. The van der Waals surface area contributed by atoms with Crippen LogP contribution in [0.1, 0.15) is 136 Å². The minimum Gasteiger partial charge on any atom is -0.459 e. The smallest absolute Gasteiger partial charge is 0.407 e. The number of nitrogens with two attached hydrogens (primary N) is 3. The number of amides is 3. The summed E-state index contributed by atoms with van der Waals surface area (Å²) in [5.74, 6) is -8.00. The van der Waals surface area contributed by atoms with Gasteiger partial charge in [-0.1, -0.05) is 64.2 Å². The summed E-state index contributed by atoms with van der Waals surface area (Å²) < 4.78 is 81.9. The Bertz CT molecular complexity index is 4300. The van der Waals surface area contributed by atoms with Crippen LogP contribution < -0.4 is 27.8 Å². The second-order valence-corrected chi connectivity index (χ2v) is 32.2. The summed E-state index contributed by atoms with van der Waals surface area (Å²) in [7, 11) is 3.07. The van der Waals surface area contributed by atoms with Gasteiger partial charge in [0.2, 0.25) is 11.7 Å². The van der Waals surface area contributed by atoms with E-state index in [-0.39, 0.29) is 107 Å². The number of hydrogen-bond donors (Lipinski definition) is 9. The summed E-state index contributed by atoms with van der Waals surface area (Å²) in [4.78, 5) is 106. The highest BCUT2D eigenvalue weighted by molar-refractivity contribution is 6.39. The van der Waals surface area contributed by atoms with Crippen LogP contribution in [-0.2, 0) is 98.6 Å². The molecule has 124 heavy (non-hydrogen) atoms. The summed E-state index contributed by atoms with van der Waals surface area (Å²) in [6.07, 6.45) is 11.1. The van der Waals surface area contributed by atoms with Crippen LogP contribution in [0.4, 0.5) is 16.6 Å². The number of rotatable bonds is 38. The minimum atomic E-state index is -2.50. The predicted molar refractivity (Wildman–Crippen MR) is 454 cm³/mol.